The Balaban J connectivity index is 2.07. The van der Waals surface area contributed by atoms with E-state index < -0.39 is 0 Å². The van der Waals surface area contributed by atoms with Crippen molar-refractivity contribution in [3.63, 3.8) is 0 Å². The molecular weight excluding hydrogens is 218 g/mol. The molecule has 1 aromatic heterocycles. The highest BCUT2D eigenvalue weighted by atomic mass is 16.5. The second kappa shape index (κ2) is 5.45. The van der Waals surface area contributed by atoms with E-state index >= 15 is 0 Å². The van der Waals surface area contributed by atoms with Crippen molar-refractivity contribution in [2.75, 3.05) is 13.6 Å². The Morgan fingerprint density at radius 2 is 2.29 bits per heavy atom. The van der Waals surface area contributed by atoms with E-state index in [1.54, 1.807) is 18.2 Å². The highest BCUT2D eigenvalue weighted by Crippen LogP contribution is 2.20. The second-order valence-corrected chi connectivity index (χ2v) is 3.77. The Labute approximate surface area is 99.5 Å². The van der Waals surface area contributed by atoms with Crippen LogP contribution >= 0.6 is 0 Å². The summed E-state index contributed by atoms with van der Waals surface area (Å²) in [6.07, 6.45) is 1.71. The summed E-state index contributed by atoms with van der Waals surface area (Å²) in [6.45, 7) is 0.920. The molecule has 0 unspecified atom stereocenters. The molecular formula is C12H15N3O2. The van der Waals surface area contributed by atoms with Gasteiger partial charge in [0.1, 0.15) is 5.75 Å². The fourth-order valence-corrected chi connectivity index (χ4v) is 1.54. The van der Waals surface area contributed by atoms with Gasteiger partial charge >= 0.3 is 0 Å². The van der Waals surface area contributed by atoms with Gasteiger partial charge in [0.25, 0.3) is 0 Å². The largest absolute Gasteiger partial charge is 0.508 e. The van der Waals surface area contributed by atoms with E-state index in [-0.39, 0.29) is 5.75 Å². The molecule has 0 aliphatic heterocycles. The van der Waals surface area contributed by atoms with Crippen molar-refractivity contribution in [3.05, 3.63) is 30.2 Å². The van der Waals surface area contributed by atoms with E-state index in [0.717, 1.165) is 24.9 Å². The van der Waals surface area contributed by atoms with Crippen LogP contribution in [0.3, 0.4) is 0 Å². The Kier molecular flexibility index (Phi) is 3.72. The number of aromatic nitrogens is 2. The van der Waals surface area contributed by atoms with E-state index in [1.807, 2.05) is 13.1 Å². The average molecular weight is 233 g/mol. The maximum Gasteiger partial charge on any atom is 0.227 e. The molecule has 0 radical (unpaired) electrons. The summed E-state index contributed by atoms with van der Waals surface area (Å²) in [4.78, 5) is 4.28. The number of phenolic OH excluding ortho intramolecular Hbond substituents is 1. The predicted molar refractivity (Wildman–Crippen MR) is 63.6 cm³/mol. The summed E-state index contributed by atoms with van der Waals surface area (Å²) in [5.74, 6) is 1.34. The molecule has 2 N–H and O–H groups in total. The number of aromatic hydroxyl groups is 1. The first-order valence-electron chi connectivity index (χ1n) is 5.56. The van der Waals surface area contributed by atoms with E-state index in [4.69, 9.17) is 4.52 Å². The van der Waals surface area contributed by atoms with Gasteiger partial charge in [-0.1, -0.05) is 17.3 Å². The molecule has 5 heteroatoms. The van der Waals surface area contributed by atoms with Gasteiger partial charge in [-0.15, -0.1) is 0 Å². The topological polar surface area (TPSA) is 71.2 Å². The van der Waals surface area contributed by atoms with Gasteiger partial charge in [-0.25, -0.2) is 0 Å². The minimum Gasteiger partial charge on any atom is -0.508 e. The summed E-state index contributed by atoms with van der Waals surface area (Å²) in [5.41, 5.74) is 0.758. The molecule has 0 saturated heterocycles. The zero-order valence-corrected chi connectivity index (χ0v) is 9.68. The Morgan fingerprint density at radius 1 is 1.41 bits per heavy atom. The minimum absolute atomic E-state index is 0.198. The third-order valence-electron chi connectivity index (χ3n) is 2.39. The van der Waals surface area contributed by atoms with Gasteiger partial charge in [0.05, 0.1) is 0 Å². The maximum atomic E-state index is 9.36. The normalized spacial score (nSPS) is 10.6. The van der Waals surface area contributed by atoms with Crippen molar-refractivity contribution in [1.82, 2.24) is 15.5 Å². The molecule has 0 aliphatic rings. The molecule has 0 fully saturated rings. The van der Waals surface area contributed by atoms with Crippen LogP contribution in [0, 0.1) is 0 Å². The number of hydrogen-bond donors (Lipinski definition) is 2. The third-order valence-corrected chi connectivity index (χ3v) is 2.39. The predicted octanol–water partition coefficient (Wildman–Crippen LogP) is 1.59. The number of nitrogens with one attached hydrogen (secondary N) is 1. The molecule has 0 amide bonds. The van der Waals surface area contributed by atoms with Crippen LogP contribution in [0.5, 0.6) is 5.75 Å². The molecule has 1 heterocycles. The summed E-state index contributed by atoms with van der Waals surface area (Å²) in [7, 11) is 1.91. The lowest BCUT2D eigenvalue weighted by Gasteiger charge is -1.95. The Hall–Kier alpha value is -1.88. The summed E-state index contributed by atoms with van der Waals surface area (Å²) in [6, 6.07) is 6.81. The zero-order chi connectivity index (χ0) is 12.1. The standard InChI is InChI=1S/C12H15N3O2/c1-13-7-3-6-11-14-12(15-17-11)9-4-2-5-10(16)8-9/h2,4-5,8,13,16H,3,6-7H2,1H3. The number of benzene rings is 1. The lowest BCUT2D eigenvalue weighted by molar-refractivity contribution is 0.375. The molecule has 17 heavy (non-hydrogen) atoms. The van der Waals surface area contributed by atoms with E-state index in [1.165, 1.54) is 0 Å². The molecule has 1 aromatic carbocycles. The Morgan fingerprint density at radius 3 is 3.06 bits per heavy atom. The second-order valence-electron chi connectivity index (χ2n) is 3.77. The molecule has 0 atom stereocenters. The van der Waals surface area contributed by atoms with Crippen LogP contribution in [-0.2, 0) is 6.42 Å². The molecule has 2 rings (SSSR count). The first-order valence-corrected chi connectivity index (χ1v) is 5.56. The highest BCUT2D eigenvalue weighted by Gasteiger charge is 2.08. The fourth-order valence-electron chi connectivity index (χ4n) is 1.54. The maximum absolute atomic E-state index is 9.36. The quantitative estimate of drug-likeness (QED) is 0.767. The molecule has 0 saturated carbocycles. The van der Waals surface area contributed by atoms with Crippen molar-refractivity contribution >= 4 is 0 Å². The van der Waals surface area contributed by atoms with Gasteiger partial charge in [0.2, 0.25) is 11.7 Å². The van der Waals surface area contributed by atoms with Crippen LogP contribution in [-0.4, -0.2) is 28.8 Å². The number of rotatable bonds is 5. The van der Waals surface area contributed by atoms with Gasteiger partial charge in [-0.2, -0.15) is 4.98 Å². The van der Waals surface area contributed by atoms with E-state index in [2.05, 4.69) is 15.5 Å². The van der Waals surface area contributed by atoms with Crippen molar-refractivity contribution in [2.45, 2.75) is 12.8 Å². The van der Waals surface area contributed by atoms with Crippen LogP contribution < -0.4 is 5.32 Å². The Bertz CT molecular complexity index is 482. The molecule has 2 aromatic rings. The average Bonchev–Trinajstić information content (AvgIpc) is 2.78. The number of hydrogen-bond acceptors (Lipinski definition) is 5. The fraction of sp³-hybridized carbons (Fsp3) is 0.333. The molecule has 0 bridgehead atoms. The smallest absolute Gasteiger partial charge is 0.227 e. The van der Waals surface area contributed by atoms with Crippen molar-refractivity contribution in [1.29, 1.82) is 0 Å². The van der Waals surface area contributed by atoms with Gasteiger partial charge in [-0.3, -0.25) is 0 Å². The number of phenols is 1. The molecule has 0 aliphatic carbocycles. The molecule has 0 spiro atoms. The van der Waals surface area contributed by atoms with Crippen LogP contribution in [0.25, 0.3) is 11.4 Å². The zero-order valence-electron chi connectivity index (χ0n) is 9.68. The van der Waals surface area contributed by atoms with Crippen LogP contribution in [0.4, 0.5) is 0 Å². The monoisotopic (exact) mass is 233 g/mol. The van der Waals surface area contributed by atoms with Crippen molar-refractivity contribution in [3.8, 4) is 17.1 Å². The van der Waals surface area contributed by atoms with Crippen LogP contribution in [0.15, 0.2) is 28.8 Å². The molecule has 90 valence electrons. The van der Waals surface area contributed by atoms with Crippen LogP contribution in [0.2, 0.25) is 0 Å². The first kappa shape index (κ1) is 11.6. The summed E-state index contributed by atoms with van der Waals surface area (Å²) >= 11 is 0. The lowest BCUT2D eigenvalue weighted by Crippen LogP contribution is -2.08. The third kappa shape index (κ3) is 3.04. The van der Waals surface area contributed by atoms with Gasteiger partial charge in [-0.05, 0) is 32.1 Å². The lowest BCUT2D eigenvalue weighted by atomic mass is 10.2. The van der Waals surface area contributed by atoms with Crippen molar-refractivity contribution < 1.29 is 9.63 Å². The first-order chi connectivity index (χ1) is 8.29. The SMILES string of the molecule is CNCCCc1nc(-c2cccc(O)c2)no1. The minimum atomic E-state index is 0.198. The summed E-state index contributed by atoms with van der Waals surface area (Å²) in [5, 5.41) is 16.3. The van der Waals surface area contributed by atoms with Crippen LogP contribution in [0.1, 0.15) is 12.3 Å². The summed E-state index contributed by atoms with van der Waals surface area (Å²) < 4.78 is 5.13. The highest BCUT2D eigenvalue weighted by molar-refractivity contribution is 5.56. The van der Waals surface area contributed by atoms with E-state index in [9.17, 15) is 5.11 Å². The van der Waals surface area contributed by atoms with E-state index in [0.29, 0.717) is 11.7 Å². The molecule has 5 nitrogen and oxygen atoms in total. The van der Waals surface area contributed by atoms with Gasteiger partial charge < -0.3 is 14.9 Å². The van der Waals surface area contributed by atoms with Crippen molar-refractivity contribution in [2.24, 2.45) is 0 Å². The number of nitrogens with zero attached hydrogens (tertiary/aromatic N) is 2. The van der Waals surface area contributed by atoms with Gasteiger partial charge in [0.15, 0.2) is 0 Å². The number of aryl methyl sites for hydroxylation is 1. The van der Waals surface area contributed by atoms with Gasteiger partial charge in [0, 0.05) is 12.0 Å².